The molecule has 0 aliphatic heterocycles. The molecule has 0 atom stereocenters. The van der Waals surface area contributed by atoms with Crippen LogP contribution in [0, 0.1) is 0 Å². The van der Waals surface area contributed by atoms with Gasteiger partial charge in [0.25, 0.3) is 0 Å². The number of rotatable bonds is 1. The molecule has 0 saturated carbocycles. The van der Waals surface area contributed by atoms with E-state index in [9.17, 15) is 4.79 Å². The predicted molar refractivity (Wildman–Crippen MR) is 40.1 cm³/mol. The average molecular weight is 173 g/mol. The molecule has 4 heteroatoms. The number of hydrogen-bond acceptors (Lipinski definition) is 2. The number of halogens is 1. The Kier molecular flexibility index (Phi) is 2.01. The van der Waals surface area contributed by atoms with E-state index in [2.05, 4.69) is 0 Å². The number of carbonyl (C=O) groups is 1. The average Bonchev–Trinajstić information content (AvgIpc) is 1.85. The first-order valence-electron chi connectivity index (χ1n) is 2.82. The van der Waals surface area contributed by atoms with Gasteiger partial charge in [-0.25, -0.2) is 4.79 Å². The lowest BCUT2D eigenvalue weighted by Crippen LogP contribution is -1.94. The number of aromatic hydroxyl groups is 1. The zero-order valence-corrected chi connectivity index (χ0v) is 6.17. The van der Waals surface area contributed by atoms with Gasteiger partial charge in [-0.2, -0.15) is 0 Å². The minimum absolute atomic E-state index is 0.0185. The summed E-state index contributed by atoms with van der Waals surface area (Å²) in [5, 5.41) is 17.6. The lowest BCUT2D eigenvalue weighted by molar-refractivity contribution is 0.0696. The molecule has 0 unspecified atom stereocenters. The maximum Gasteiger partial charge on any atom is 0.335 e. The first kappa shape index (κ1) is 7.88. The molecule has 58 valence electrons. The van der Waals surface area contributed by atoms with Gasteiger partial charge < -0.3 is 10.2 Å². The molecule has 1 rings (SSSR count). The van der Waals surface area contributed by atoms with Crippen molar-refractivity contribution in [2.75, 3.05) is 0 Å². The standard InChI is InChI=1S/C7H5ClO3/c8-5-1-4(7(10)11)2-6(9)3-5/h1-3,9H,(H,10,11). The highest BCUT2D eigenvalue weighted by Crippen LogP contribution is 2.19. The molecule has 1 aromatic rings. The fourth-order valence-electron chi connectivity index (χ4n) is 0.698. The van der Waals surface area contributed by atoms with Crippen molar-refractivity contribution in [1.82, 2.24) is 0 Å². The zero-order valence-electron chi connectivity index (χ0n) is 5.41. The van der Waals surface area contributed by atoms with Crippen LogP contribution in [0.2, 0.25) is 5.02 Å². The number of phenolic OH excluding ortho intramolecular Hbond substituents is 1. The van der Waals surface area contributed by atoms with Crippen LogP contribution >= 0.6 is 11.6 Å². The maximum absolute atomic E-state index is 10.3. The number of carboxylic acid groups (broad SMARTS) is 1. The van der Waals surface area contributed by atoms with E-state index in [1.54, 1.807) is 0 Å². The Morgan fingerprint density at radius 2 is 2.00 bits per heavy atom. The lowest BCUT2D eigenvalue weighted by Gasteiger charge is -1.96. The van der Waals surface area contributed by atoms with Gasteiger partial charge >= 0.3 is 5.97 Å². The number of phenols is 1. The molecular formula is C7H5ClO3. The van der Waals surface area contributed by atoms with Gasteiger partial charge in [-0.3, -0.25) is 0 Å². The quantitative estimate of drug-likeness (QED) is 0.679. The van der Waals surface area contributed by atoms with E-state index in [1.165, 1.54) is 12.1 Å². The van der Waals surface area contributed by atoms with Gasteiger partial charge in [0.05, 0.1) is 5.56 Å². The Morgan fingerprint density at radius 3 is 2.45 bits per heavy atom. The first-order chi connectivity index (χ1) is 5.09. The summed E-state index contributed by atoms with van der Waals surface area (Å²) in [6, 6.07) is 3.67. The van der Waals surface area contributed by atoms with Crippen LogP contribution in [0.3, 0.4) is 0 Å². The van der Waals surface area contributed by atoms with Gasteiger partial charge in [-0.15, -0.1) is 0 Å². The van der Waals surface area contributed by atoms with Gasteiger partial charge in [0, 0.05) is 5.02 Å². The first-order valence-corrected chi connectivity index (χ1v) is 3.20. The van der Waals surface area contributed by atoms with E-state index in [0.717, 1.165) is 6.07 Å². The Labute approximate surface area is 67.8 Å². The minimum Gasteiger partial charge on any atom is -0.508 e. The smallest absolute Gasteiger partial charge is 0.335 e. The van der Waals surface area contributed by atoms with Crippen molar-refractivity contribution >= 4 is 17.6 Å². The summed E-state index contributed by atoms with van der Waals surface area (Å²) in [6.07, 6.45) is 0. The third-order valence-corrected chi connectivity index (χ3v) is 1.35. The molecule has 0 bridgehead atoms. The van der Waals surface area contributed by atoms with E-state index in [-0.39, 0.29) is 16.3 Å². The molecule has 0 fully saturated rings. The normalized spacial score (nSPS) is 9.55. The third kappa shape index (κ3) is 1.85. The summed E-state index contributed by atoms with van der Waals surface area (Å²) in [7, 11) is 0. The van der Waals surface area contributed by atoms with Gasteiger partial charge in [-0.05, 0) is 18.2 Å². The van der Waals surface area contributed by atoms with Gasteiger partial charge in [0.15, 0.2) is 0 Å². The molecule has 0 amide bonds. The van der Waals surface area contributed by atoms with Crippen LogP contribution in [0.5, 0.6) is 5.75 Å². The summed E-state index contributed by atoms with van der Waals surface area (Å²) < 4.78 is 0. The molecular weight excluding hydrogens is 168 g/mol. The van der Waals surface area contributed by atoms with Gasteiger partial charge in [0.2, 0.25) is 0 Å². The highest BCUT2D eigenvalue weighted by atomic mass is 35.5. The number of carboxylic acids is 1. The fourth-order valence-corrected chi connectivity index (χ4v) is 0.927. The summed E-state index contributed by atoms with van der Waals surface area (Å²) in [6.45, 7) is 0. The minimum atomic E-state index is -1.11. The van der Waals surface area contributed by atoms with E-state index < -0.39 is 5.97 Å². The van der Waals surface area contributed by atoms with E-state index in [4.69, 9.17) is 21.8 Å². The van der Waals surface area contributed by atoms with Crippen molar-refractivity contribution in [2.45, 2.75) is 0 Å². The van der Waals surface area contributed by atoms with E-state index in [1.807, 2.05) is 0 Å². The number of aromatic carboxylic acids is 1. The molecule has 0 aliphatic carbocycles. The van der Waals surface area contributed by atoms with Crippen molar-refractivity contribution in [3.05, 3.63) is 28.8 Å². The van der Waals surface area contributed by atoms with Crippen molar-refractivity contribution in [1.29, 1.82) is 0 Å². The van der Waals surface area contributed by atoms with Gasteiger partial charge in [0.1, 0.15) is 5.75 Å². The molecule has 11 heavy (non-hydrogen) atoms. The summed E-state index contributed by atoms with van der Waals surface area (Å²) in [4.78, 5) is 10.3. The van der Waals surface area contributed by atoms with Crippen molar-refractivity contribution < 1.29 is 15.0 Å². The molecule has 0 spiro atoms. The third-order valence-electron chi connectivity index (χ3n) is 1.13. The molecule has 2 N–H and O–H groups in total. The van der Waals surface area contributed by atoms with Crippen LogP contribution in [0.1, 0.15) is 10.4 Å². The molecule has 0 aromatic heterocycles. The molecule has 0 aliphatic rings. The van der Waals surface area contributed by atoms with Crippen LogP contribution in [-0.2, 0) is 0 Å². The summed E-state index contributed by atoms with van der Waals surface area (Å²) >= 11 is 5.47. The predicted octanol–water partition coefficient (Wildman–Crippen LogP) is 1.74. The van der Waals surface area contributed by atoms with Crippen LogP contribution < -0.4 is 0 Å². The molecule has 1 aromatic carbocycles. The topological polar surface area (TPSA) is 57.5 Å². The monoisotopic (exact) mass is 172 g/mol. The molecule has 0 saturated heterocycles. The SMILES string of the molecule is O=C(O)c1cc(O)cc(Cl)c1. The number of hydrogen-bond donors (Lipinski definition) is 2. The van der Waals surface area contributed by atoms with E-state index >= 15 is 0 Å². The highest BCUT2D eigenvalue weighted by molar-refractivity contribution is 6.31. The summed E-state index contributed by atoms with van der Waals surface area (Å²) in [5.41, 5.74) is -0.0185. The highest BCUT2D eigenvalue weighted by Gasteiger charge is 2.04. The molecule has 0 radical (unpaired) electrons. The lowest BCUT2D eigenvalue weighted by atomic mass is 10.2. The van der Waals surface area contributed by atoms with Crippen LogP contribution in [0.4, 0.5) is 0 Å². The Morgan fingerprint density at radius 1 is 1.36 bits per heavy atom. The molecule has 0 heterocycles. The maximum atomic E-state index is 10.3. The number of benzene rings is 1. The zero-order chi connectivity index (χ0) is 8.43. The largest absolute Gasteiger partial charge is 0.508 e. The second-order valence-electron chi connectivity index (χ2n) is 2.00. The van der Waals surface area contributed by atoms with Crippen LogP contribution in [-0.4, -0.2) is 16.2 Å². The van der Waals surface area contributed by atoms with E-state index in [0.29, 0.717) is 0 Å². The van der Waals surface area contributed by atoms with Crippen molar-refractivity contribution in [3.8, 4) is 5.75 Å². The van der Waals surface area contributed by atoms with Crippen LogP contribution in [0.15, 0.2) is 18.2 Å². The Balaban J connectivity index is 3.19. The Hall–Kier alpha value is -1.22. The second-order valence-corrected chi connectivity index (χ2v) is 2.44. The van der Waals surface area contributed by atoms with Gasteiger partial charge in [-0.1, -0.05) is 11.6 Å². The van der Waals surface area contributed by atoms with Crippen molar-refractivity contribution in [2.24, 2.45) is 0 Å². The second kappa shape index (κ2) is 2.80. The summed E-state index contributed by atoms with van der Waals surface area (Å²) in [5.74, 6) is -1.25. The van der Waals surface area contributed by atoms with Crippen LogP contribution in [0.25, 0.3) is 0 Å². The Bertz CT molecular complexity index is 275. The van der Waals surface area contributed by atoms with Crippen molar-refractivity contribution in [3.63, 3.8) is 0 Å². The fraction of sp³-hybridized carbons (Fsp3) is 0. The molecule has 3 nitrogen and oxygen atoms in total.